The third-order valence-corrected chi connectivity index (χ3v) is 2.69. The van der Waals surface area contributed by atoms with Gasteiger partial charge in [0.15, 0.2) is 5.69 Å². The van der Waals surface area contributed by atoms with Crippen molar-refractivity contribution in [3.8, 4) is 5.69 Å². The van der Waals surface area contributed by atoms with Crippen LogP contribution in [-0.2, 0) is 0 Å². The average molecular weight is 300 g/mol. The molecule has 5 nitrogen and oxygen atoms in total. The zero-order valence-electron chi connectivity index (χ0n) is 11.3. The normalized spacial score (nSPS) is 9.95. The molecule has 1 heterocycles. The predicted octanol–water partition coefficient (Wildman–Crippen LogP) is -2.64. The van der Waals surface area contributed by atoms with Crippen LogP contribution >= 0.6 is 0 Å². The van der Waals surface area contributed by atoms with E-state index in [1.807, 2.05) is 0 Å². The monoisotopic (exact) mass is 300 g/mol. The first kappa shape index (κ1) is 17.2. The first-order chi connectivity index (χ1) is 8.90. The summed E-state index contributed by atoms with van der Waals surface area (Å²) in [5.74, 6) is -2.01. The van der Waals surface area contributed by atoms with Gasteiger partial charge < -0.3 is 9.90 Å². The second kappa shape index (κ2) is 6.73. The summed E-state index contributed by atoms with van der Waals surface area (Å²) in [6.07, 6.45) is 0. The van der Waals surface area contributed by atoms with E-state index >= 15 is 0 Å². The Morgan fingerprint density at radius 1 is 1.30 bits per heavy atom. The van der Waals surface area contributed by atoms with Crippen LogP contribution in [0.1, 0.15) is 21.7 Å². The molecular formula is C13H10FKN2O3. The average Bonchev–Trinajstić information content (AvgIpc) is 2.32. The number of halogens is 1. The Bertz CT molecular complexity index is 728. The minimum atomic E-state index is -1.64. The molecule has 0 unspecified atom stereocenters. The molecule has 0 amide bonds. The van der Waals surface area contributed by atoms with E-state index in [1.165, 1.54) is 22.9 Å². The maximum Gasteiger partial charge on any atom is 1.00 e. The molecule has 1 aromatic carbocycles. The smallest absolute Gasteiger partial charge is 0.543 e. The van der Waals surface area contributed by atoms with Gasteiger partial charge in [-0.1, -0.05) is 0 Å². The first-order valence-corrected chi connectivity index (χ1v) is 5.49. The minimum Gasteiger partial charge on any atom is -0.543 e. The quantitative estimate of drug-likeness (QED) is 0.568. The largest absolute Gasteiger partial charge is 1.00 e. The number of hydrogen-bond acceptors (Lipinski definition) is 4. The van der Waals surface area contributed by atoms with Crippen LogP contribution in [0.3, 0.4) is 0 Å². The number of aryl methyl sites for hydroxylation is 2. The van der Waals surface area contributed by atoms with Crippen LogP contribution in [0.2, 0.25) is 0 Å². The fraction of sp³-hybridized carbons (Fsp3) is 0.154. The Morgan fingerprint density at radius 3 is 2.50 bits per heavy atom. The SMILES string of the molecule is Cc1cc(-n2nc(C(=O)[O-])c(=O)cc2C)ccc1F.[K+]. The van der Waals surface area contributed by atoms with Crippen LogP contribution in [0.25, 0.3) is 5.69 Å². The number of benzene rings is 1. The molecule has 0 fully saturated rings. The second-order valence-electron chi connectivity index (χ2n) is 4.13. The molecule has 0 atom stereocenters. The van der Waals surface area contributed by atoms with E-state index in [1.54, 1.807) is 13.8 Å². The van der Waals surface area contributed by atoms with Crippen molar-refractivity contribution in [3.63, 3.8) is 0 Å². The molecule has 0 saturated heterocycles. The van der Waals surface area contributed by atoms with Gasteiger partial charge in [-0.05, 0) is 37.6 Å². The molecule has 2 aromatic rings. The van der Waals surface area contributed by atoms with E-state index in [-0.39, 0.29) is 57.2 Å². The maximum atomic E-state index is 13.2. The fourth-order valence-electron chi connectivity index (χ4n) is 1.71. The number of carboxylic acids is 1. The van der Waals surface area contributed by atoms with E-state index in [0.717, 1.165) is 6.07 Å². The van der Waals surface area contributed by atoms with Crippen LogP contribution in [-0.4, -0.2) is 15.7 Å². The molecule has 0 aliphatic carbocycles. The Balaban J connectivity index is 0.00000200. The van der Waals surface area contributed by atoms with E-state index < -0.39 is 17.1 Å². The zero-order valence-corrected chi connectivity index (χ0v) is 14.4. The second-order valence-corrected chi connectivity index (χ2v) is 4.13. The van der Waals surface area contributed by atoms with Crippen molar-refractivity contribution in [2.45, 2.75) is 13.8 Å². The maximum absolute atomic E-state index is 13.2. The van der Waals surface area contributed by atoms with Gasteiger partial charge >= 0.3 is 51.4 Å². The Hall–Kier alpha value is -0.864. The third kappa shape index (κ3) is 3.42. The van der Waals surface area contributed by atoms with Crippen molar-refractivity contribution in [2.24, 2.45) is 0 Å². The molecule has 7 heteroatoms. The third-order valence-electron chi connectivity index (χ3n) is 2.69. The van der Waals surface area contributed by atoms with Crippen LogP contribution in [0.5, 0.6) is 0 Å². The van der Waals surface area contributed by atoms with Gasteiger partial charge in [0.25, 0.3) is 0 Å². The van der Waals surface area contributed by atoms with Gasteiger partial charge in [-0.3, -0.25) is 4.79 Å². The summed E-state index contributed by atoms with van der Waals surface area (Å²) in [5.41, 5.74) is -0.0764. The van der Waals surface area contributed by atoms with Crippen LogP contribution in [0.15, 0.2) is 29.1 Å². The zero-order chi connectivity index (χ0) is 14.2. The summed E-state index contributed by atoms with van der Waals surface area (Å²) >= 11 is 0. The molecule has 0 aliphatic rings. The summed E-state index contributed by atoms with van der Waals surface area (Å²) < 4.78 is 14.5. The molecule has 1 aromatic heterocycles. The summed E-state index contributed by atoms with van der Waals surface area (Å²) in [4.78, 5) is 22.2. The van der Waals surface area contributed by atoms with E-state index in [9.17, 15) is 19.1 Å². The van der Waals surface area contributed by atoms with Gasteiger partial charge in [-0.2, -0.15) is 5.10 Å². The van der Waals surface area contributed by atoms with Crippen molar-refractivity contribution < 1.29 is 65.7 Å². The summed E-state index contributed by atoms with van der Waals surface area (Å²) in [5, 5.41) is 14.5. The number of hydrogen-bond donors (Lipinski definition) is 0. The number of carbonyl (C=O) groups excluding carboxylic acids is 1. The Kier molecular flexibility index (Phi) is 5.78. The number of rotatable bonds is 2. The molecule has 0 N–H and O–H groups in total. The predicted molar refractivity (Wildman–Crippen MR) is 63.6 cm³/mol. The van der Waals surface area contributed by atoms with Crippen molar-refractivity contribution in [2.75, 3.05) is 0 Å². The molecule has 0 aliphatic heterocycles. The van der Waals surface area contributed by atoms with Gasteiger partial charge in [-0.25, -0.2) is 9.07 Å². The van der Waals surface area contributed by atoms with Gasteiger partial charge in [0.1, 0.15) is 5.82 Å². The molecule has 0 bridgehead atoms. The minimum absolute atomic E-state index is 0. The number of carbonyl (C=O) groups is 1. The topological polar surface area (TPSA) is 75.0 Å². The summed E-state index contributed by atoms with van der Waals surface area (Å²) in [6.45, 7) is 3.18. The number of nitrogens with zero attached hydrogens (tertiary/aromatic N) is 2. The molecule has 0 spiro atoms. The standard InChI is InChI=1S/C13H11FN2O3.K/c1-7-5-9(3-4-10(7)14)16-8(2)6-11(17)12(15-16)13(18)19;/h3-6H,1-2H3,(H,18,19);/q;+1/p-1. The van der Waals surface area contributed by atoms with Crippen molar-refractivity contribution in [1.82, 2.24) is 9.78 Å². The van der Waals surface area contributed by atoms with Crippen molar-refractivity contribution in [3.05, 3.63) is 57.3 Å². The van der Waals surface area contributed by atoms with Gasteiger partial charge in [0.2, 0.25) is 5.43 Å². The molecular weight excluding hydrogens is 290 g/mol. The van der Waals surface area contributed by atoms with Gasteiger partial charge in [0, 0.05) is 11.8 Å². The summed E-state index contributed by atoms with van der Waals surface area (Å²) in [6, 6.07) is 5.37. The van der Waals surface area contributed by atoms with Crippen LogP contribution < -0.4 is 61.9 Å². The van der Waals surface area contributed by atoms with E-state index in [2.05, 4.69) is 5.10 Å². The molecule has 0 saturated carbocycles. The van der Waals surface area contributed by atoms with E-state index in [0.29, 0.717) is 16.9 Å². The molecule has 0 radical (unpaired) electrons. The van der Waals surface area contributed by atoms with Crippen LogP contribution in [0, 0.1) is 19.7 Å². The Morgan fingerprint density at radius 2 is 1.95 bits per heavy atom. The molecule has 2 rings (SSSR count). The van der Waals surface area contributed by atoms with Crippen molar-refractivity contribution >= 4 is 5.97 Å². The summed E-state index contributed by atoms with van der Waals surface area (Å²) in [7, 11) is 0. The molecule has 98 valence electrons. The van der Waals surface area contributed by atoms with Crippen molar-refractivity contribution in [1.29, 1.82) is 0 Å². The van der Waals surface area contributed by atoms with Crippen LogP contribution in [0.4, 0.5) is 4.39 Å². The molecule has 20 heavy (non-hydrogen) atoms. The van der Waals surface area contributed by atoms with Gasteiger partial charge in [0.05, 0.1) is 11.7 Å². The number of aromatic nitrogens is 2. The number of carboxylic acid groups (broad SMARTS) is 1. The fourth-order valence-corrected chi connectivity index (χ4v) is 1.71. The van der Waals surface area contributed by atoms with E-state index in [4.69, 9.17) is 0 Å². The van der Waals surface area contributed by atoms with Gasteiger partial charge in [-0.15, -0.1) is 0 Å². The first-order valence-electron chi connectivity index (χ1n) is 5.49. The Labute approximate surface area is 156 Å². The number of aromatic carboxylic acids is 1.